The maximum Gasteiger partial charge on any atom is -0.153 e. The maximum atomic E-state index is 10.8. The van der Waals surface area contributed by atoms with E-state index in [1.807, 2.05) is 13.8 Å². The molecule has 0 spiro atoms. The Morgan fingerprint density at radius 1 is 0.882 bits per heavy atom. The first kappa shape index (κ1) is 21.8. The molecule has 0 aromatic heterocycles. The quantitative estimate of drug-likeness (QED) is 0.612. The van der Waals surface area contributed by atoms with E-state index in [0.717, 1.165) is 27.1 Å². The summed E-state index contributed by atoms with van der Waals surface area (Å²) in [7, 11) is 1.50. The van der Waals surface area contributed by atoms with Crippen LogP contribution < -0.4 is 10.2 Å². The van der Waals surface area contributed by atoms with Crippen LogP contribution in [0.4, 0.5) is 0 Å². The van der Waals surface area contributed by atoms with Crippen LogP contribution >= 0.6 is 0 Å². The zero-order chi connectivity index (χ0) is 14.1. The molecule has 6 nitrogen and oxygen atoms in total. The Morgan fingerprint density at radius 3 is 1.41 bits per heavy atom. The van der Waals surface area contributed by atoms with Crippen molar-refractivity contribution < 1.29 is 46.4 Å². The van der Waals surface area contributed by atoms with E-state index in [4.69, 9.17) is 16.8 Å². The molecule has 100 valence electrons. The molecular formula is C10H20O6Ti. The van der Waals surface area contributed by atoms with Gasteiger partial charge in [-0.1, -0.05) is 0 Å². The van der Waals surface area contributed by atoms with Gasteiger partial charge in [0.15, 0.2) is 0 Å². The molecule has 0 rings (SSSR count). The molecule has 0 bridgehead atoms. The van der Waals surface area contributed by atoms with Crippen molar-refractivity contribution in [3.8, 4) is 0 Å². The van der Waals surface area contributed by atoms with Gasteiger partial charge in [-0.05, 0) is 0 Å². The molecular weight excluding hydrogens is 264 g/mol. The number of carbonyl (C=O) groups is 2. The fourth-order valence-electron chi connectivity index (χ4n) is 0.624. The van der Waals surface area contributed by atoms with Crippen LogP contribution in [-0.4, -0.2) is 26.2 Å². The molecule has 0 radical (unpaired) electrons. The topological polar surface area (TPSA) is 98.7 Å². The number of carbonyl (C=O) groups excluding carboxylic acids is 2. The largest absolute Gasteiger partial charge is 0.857 e. The summed E-state index contributed by atoms with van der Waals surface area (Å²) < 4.78 is 9.48. The van der Waals surface area contributed by atoms with Gasteiger partial charge < -0.3 is 10.2 Å². The van der Waals surface area contributed by atoms with Crippen molar-refractivity contribution in [2.75, 3.05) is 14.2 Å². The van der Waals surface area contributed by atoms with Gasteiger partial charge in [-0.3, -0.25) is 0 Å². The monoisotopic (exact) mass is 284 g/mol. The van der Waals surface area contributed by atoms with E-state index >= 15 is 0 Å². The smallest absolute Gasteiger partial charge is 0.153 e. The van der Waals surface area contributed by atoms with Gasteiger partial charge in [0.1, 0.15) is 0 Å². The molecule has 0 aliphatic carbocycles. The van der Waals surface area contributed by atoms with Crippen molar-refractivity contribution in [1.29, 1.82) is 0 Å². The van der Waals surface area contributed by atoms with Crippen LogP contribution in [0.3, 0.4) is 0 Å². The zero-order valence-corrected chi connectivity index (χ0v) is 12.3. The minimum Gasteiger partial charge on any atom is -0.857 e. The minimum absolute atomic E-state index is 0.271. The van der Waals surface area contributed by atoms with Crippen LogP contribution in [0.25, 0.3) is 0 Å². The van der Waals surface area contributed by atoms with Crippen molar-refractivity contribution >= 4 is 11.9 Å². The van der Waals surface area contributed by atoms with Gasteiger partial charge in [-0.15, -0.1) is 0 Å². The maximum absolute atomic E-state index is 10.8. The van der Waals surface area contributed by atoms with E-state index in [-0.39, 0.29) is 11.9 Å². The van der Waals surface area contributed by atoms with Crippen LogP contribution in [0.1, 0.15) is 39.5 Å². The third-order valence-electron chi connectivity index (χ3n) is 1.22. The fraction of sp³-hybridized carbons (Fsp3) is 0.800. The summed E-state index contributed by atoms with van der Waals surface area (Å²) in [6.45, 7) is 3.79. The molecule has 0 aliphatic rings. The molecule has 17 heavy (non-hydrogen) atoms. The van der Waals surface area contributed by atoms with E-state index in [9.17, 15) is 9.59 Å². The molecule has 0 N–H and O–H groups in total. The summed E-state index contributed by atoms with van der Waals surface area (Å²) in [4.78, 5) is 21.6. The average molecular weight is 284 g/mol. The summed E-state index contributed by atoms with van der Waals surface area (Å²) in [6.07, 6.45) is 2.31. The Hall–Kier alpha value is -0.426. The van der Waals surface area contributed by atoms with E-state index in [0.29, 0.717) is 12.8 Å². The number of hydrogen-bond donors (Lipinski definition) is 0. The molecule has 0 fully saturated rings. The molecule has 0 amide bonds. The fourth-order valence-corrected chi connectivity index (χ4v) is 1.30. The molecule has 0 aliphatic heterocycles. The third kappa shape index (κ3) is 21.4. The first-order valence-corrected chi connectivity index (χ1v) is 6.44. The second kappa shape index (κ2) is 20.9. The van der Waals surface area contributed by atoms with Crippen LogP contribution in [0.15, 0.2) is 0 Å². The Labute approximate surface area is 112 Å². The number of rotatable bonds is 6. The van der Waals surface area contributed by atoms with Crippen molar-refractivity contribution in [1.82, 2.24) is 0 Å². The van der Waals surface area contributed by atoms with Crippen LogP contribution in [0, 0.1) is 0 Å². The van der Waals surface area contributed by atoms with Crippen molar-refractivity contribution in [2.45, 2.75) is 39.5 Å². The molecule has 0 atom stereocenters. The molecule has 0 saturated heterocycles. The Bertz CT molecular complexity index is 156. The van der Waals surface area contributed by atoms with Crippen molar-refractivity contribution in [3.63, 3.8) is 0 Å². The molecule has 0 unspecified atom stereocenters. The Morgan fingerprint density at radius 2 is 1.18 bits per heavy atom. The predicted octanol–water partition coefficient (Wildman–Crippen LogP) is -0.461. The summed E-state index contributed by atoms with van der Waals surface area (Å²) in [6, 6.07) is 0. The predicted molar refractivity (Wildman–Crippen MR) is 53.8 cm³/mol. The van der Waals surface area contributed by atoms with E-state index in [2.05, 4.69) is 0 Å². The van der Waals surface area contributed by atoms with Crippen LogP contribution in [-0.2, 0) is 36.2 Å². The minimum atomic E-state index is -1.31. The van der Waals surface area contributed by atoms with Gasteiger partial charge in [0.05, 0.1) is 0 Å². The van der Waals surface area contributed by atoms with Crippen molar-refractivity contribution in [2.24, 2.45) is 0 Å². The molecule has 0 aromatic rings. The normalized spacial score (nSPS) is 7.41. The van der Waals surface area contributed by atoms with Gasteiger partial charge >= 0.3 is 87.6 Å². The molecule has 0 heterocycles. The Balaban J connectivity index is -0.000000439. The molecule has 7 heteroatoms. The molecule has 0 aromatic carbocycles. The van der Waals surface area contributed by atoms with Gasteiger partial charge in [0.25, 0.3) is 0 Å². The van der Waals surface area contributed by atoms with E-state index in [1.165, 1.54) is 0 Å². The van der Waals surface area contributed by atoms with Crippen molar-refractivity contribution in [3.05, 3.63) is 0 Å². The SMILES string of the molecule is CCCC(=O)[O][Ti+2][O]C(=O)CCC.C[O-].C[O-]. The summed E-state index contributed by atoms with van der Waals surface area (Å²) in [5.41, 5.74) is 0. The standard InChI is InChI=1S/2C4H8O2.2CH3O.Ti/c2*1-2-3-4(5)6;2*1-2;/h2*2-3H2,1H3,(H,5,6);2*1H3;/q;;2*-1;+4/p-2. The Kier molecular flexibility index (Phi) is 26.9. The van der Waals surface area contributed by atoms with Gasteiger partial charge in [-0.25, -0.2) is 0 Å². The average Bonchev–Trinajstić information content (AvgIpc) is 2.35. The third-order valence-corrected chi connectivity index (χ3v) is 2.19. The molecule has 0 saturated carbocycles. The second-order valence-corrected chi connectivity index (χ2v) is 3.43. The summed E-state index contributed by atoms with van der Waals surface area (Å²) >= 11 is -1.31. The van der Waals surface area contributed by atoms with E-state index < -0.39 is 19.9 Å². The van der Waals surface area contributed by atoms with Crippen LogP contribution in [0.5, 0.6) is 0 Å². The summed E-state index contributed by atoms with van der Waals surface area (Å²) in [5.74, 6) is -0.543. The van der Waals surface area contributed by atoms with Crippen LogP contribution in [0.2, 0.25) is 0 Å². The van der Waals surface area contributed by atoms with Gasteiger partial charge in [-0.2, -0.15) is 14.2 Å². The second-order valence-electron chi connectivity index (χ2n) is 2.53. The first-order chi connectivity index (χ1) is 8.20. The zero-order valence-electron chi connectivity index (χ0n) is 10.8. The first-order valence-electron chi connectivity index (χ1n) is 5.16. The van der Waals surface area contributed by atoms with Gasteiger partial charge in [0.2, 0.25) is 0 Å². The van der Waals surface area contributed by atoms with Gasteiger partial charge in [0, 0.05) is 0 Å². The number of hydrogen-bond acceptors (Lipinski definition) is 6. The van der Waals surface area contributed by atoms with E-state index in [1.54, 1.807) is 0 Å². The summed E-state index contributed by atoms with van der Waals surface area (Å²) in [5, 5.41) is 16.5.